The fourth-order valence-corrected chi connectivity index (χ4v) is 3.98. The molecule has 0 radical (unpaired) electrons. The van der Waals surface area contributed by atoms with E-state index < -0.39 is 5.82 Å². The number of amides is 1. The van der Waals surface area contributed by atoms with Gasteiger partial charge in [0.15, 0.2) is 0 Å². The number of hydrogen-bond acceptors (Lipinski definition) is 5. The lowest BCUT2D eigenvalue weighted by Crippen LogP contribution is -2.17. The first-order chi connectivity index (χ1) is 12.4. The van der Waals surface area contributed by atoms with E-state index in [0.717, 1.165) is 5.01 Å². The van der Waals surface area contributed by atoms with Crippen LogP contribution in [-0.2, 0) is 20.7 Å². The van der Waals surface area contributed by atoms with Crippen LogP contribution in [0, 0.1) is 24.6 Å². The summed E-state index contributed by atoms with van der Waals surface area (Å²) in [5, 5.41) is 4.56. The first kappa shape index (κ1) is 18.8. The quantitative estimate of drug-likeness (QED) is 0.750. The molecular weight excluding hydrogens is 379 g/mol. The van der Waals surface area contributed by atoms with Crippen LogP contribution in [0.1, 0.15) is 29.6 Å². The van der Waals surface area contributed by atoms with Crippen LogP contribution in [0.25, 0.3) is 0 Å². The van der Waals surface area contributed by atoms with Crippen LogP contribution in [0.5, 0.6) is 0 Å². The van der Waals surface area contributed by atoms with Crippen LogP contribution in [-0.4, -0.2) is 23.5 Å². The van der Waals surface area contributed by atoms with Gasteiger partial charge in [0.25, 0.3) is 0 Å². The van der Waals surface area contributed by atoms with Crippen molar-refractivity contribution in [1.82, 2.24) is 4.98 Å². The number of benzene rings is 1. The summed E-state index contributed by atoms with van der Waals surface area (Å²) in [5.74, 6) is -1.61. The van der Waals surface area contributed by atoms with E-state index in [1.807, 2.05) is 0 Å². The zero-order chi connectivity index (χ0) is 18.8. The van der Waals surface area contributed by atoms with Crippen LogP contribution in [0.4, 0.5) is 9.39 Å². The number of halogens is 2. The Kier molecular flexibility index (Phi) is 5.58. The molecule has 0 bridgehead atoms. The minimum absolute atomic E-state index is 0.199. The average Bonchev–Trinajstić information content (AvgIpc) is 3.27. The second-order valence-electron chi connectivity index (χ2n) is 6.17. The molecule has 1 fully saturated rings. The number of carbonyl (C=O) groups is 2. The summed E-state index contributed by atoms with van der Waals surface area (Å²) < 4.78 is 18.4. The number of rotatable bonds is 6. The molecule has 0 aliphatic heterocycles. The molecule has 2 unspecified atom stereocenters. The van der Waals surface area contributed by atoms with Crippen molar-refractivity contribution in [1.29, 1.82) is 0 Å². The monoisotopic (exact) mass is 396 g/mol. The van der Waals surface area contributed by atoms with Crippen LogP contribution in [0.15, 0.2) is 18.2 Å². The molecule has 5 nitrogen and oxygen atoms in total. The number of anilines is 1. The Morgan fingerprint density at radius 3 is 2.85 bits per heavy atom. The zero-order valence-electron chi connectivity index (χ0n) is 14.3. The lowest BCUT2D eigenvalue weighted by atomic mass is 10.1. The number of aryl methyl sites for hydroxylation is 1. The summed E-state index contributed by atoms with van der Waals surface area (Å²) in [4.78, 5) is 28.4. The van der Waals surface area contributed by atoms with E-state index in [4.69, 9.17) is 16.3 Å². The van der Waals surface area contributed by atoms with Crippen LogP contribution < -0.4 is 5.32 Å². The number of thiazole rings is 1. The van der Waals surface area contributed by atoms with Crippen molar-refractivity contribution >= 4 is 39.8 Å². The number of hydrogen-bond donors (Lipinski definition) is 1. The number of carbonyl (C=O) groups excluding carboxylic acids is 2. The van der Waals surface area contributed by atoms with Gasteiger partial charge in [-0.15, -0.1) is 11.3 Å². The van der Waals surface area contributed by atoms with E-state index in [2.05, 4.69) is 10.3 Å². The molecule has 2 atom stereocenters. The van der Waals surface area contributed by atoms with Gasteiger partial charge >= 0.3 is 5.97 Å². The number of nitrogens with one attached hydrogen (secondary N) is 1. The fraction of sp³-hybridized carbons (Fsp3) is 0.389. The number of ether oxygens (including phenoxy) is 1. The zero-order valence-corrected chi connectivity index (χ0v) is 15.9. The molecule has 1 aliphatic carbocycles. The highest BCUT2D eigenvalue weighted by Crippen LogP contribution is 2.41. The van der Waals surface area contributed by atoms with Gasteiger partial charge in [0.05, 0.1) is 29.1 Å². The van der Waals surface area contributed by atoms with E-state index in [1.54, 1.807) is 19.9 Å². The molecule has 0 saturated heterocycles. The number of aromatic nitrogens is 1. The van der Waals surface area contributed by atoms with Crippen LogP contribution in [0.2, 0.25) is 5.02 Å². The van der Waals surface area contributed by atoms with Gasteiger partial charge in [-0.2, -0.15) is 0 Å². The summed E-state index contributed by atoms with van der Waals surface area (Å²) in [6, 6.07) is 4.35. The Bertz CT molecular complexity index is 835. The maximum Gasteiger partial charge on any atom is 0.309 e. The minimum Gasteiger partial charge on any atom is -0.466 e. The maximum atomic E-state index is 13.4. The highest BCUT2D eigenvalue weighted by Gasteiger charge is 2.49. The fourth-order valence-electron chi connectivity index (χ4n) is 2.73. The van der Waals surface area contributed by atoms with Gasteiger partial charge in [-0.25, -0.2) is 9.37 Å². The van der Waals surface area contributed by atoms with Crippen molar-refractivity contribution in [3.05, 3.63) is 45.3 Å². The molecule has 2 aromatic rings. The van der Waals surface area contributed by atoms with E-state index >= 15 is 0 Å². The van der Waals surface area contributed by atoms with Crippen molar-refractivity contribution in [3.8, 4) is 0 Å². The second kappa shape index (κ2) is 7.72. The summed E-state index contributed by atoms with van der Waals surface area (Å²) in [6.45, 7) is 3.85. The van der Waals surface area contributed by atoms with Gasteiger partial charge in [0, 0.05) is 11.4 Å². The standard InChI is InChI=1S/C18H18ClFN2O3S/c1-3-25-18(24)14-8-13(14)16(23)22-17-9(2)21-15(26-17)6-10-4-11(19)7-12(20)5-10/h4-5,7,13-14H,3,6,8H2,1-2H3,(H,22,23). The highest BCUT2D eigenvalue weighted by molar-refractivity contribution is 7.16. The normalized spacial score (nSPS) is 18.5. The van der Waals surface area contributed by atoms with Crippen molar-refractivity contribution in [3.63, 3.8) is 0 Å². The van der Waals surface area contributed by atoms with Crippen LogP contribution in [0.3, 0.4) is 0 Å². The van der Waals surface area contributed by atoms with Crippen LogP contribution >= 0.6 is 22.9 Å². The molecule has 8 heteroatoms. The van der Waals surface area contributed by atoms with Gasteiger partial charge < -0.3 is 10.1 Å². The first-order valence-electron chi connectivity index (χ1n) is 8.26. The molecule has 1 aliphatic rings. The lowest BCUT2D eigenvalue weighted by molar-refractivity contribution is -0.145. The molecule has 1 aromatic carbocycles. The Morgan fingerprint density at radius 1 is 1.38 bits per heavy atom. The van der Waals surface area contributed by atoms with Gasteiger partial charge in [0.1, 0.15) is 10.8 Å². The second-order valence-corrected chi connectivity index (χ2v) is 7.69. The Labute approximate surface area is 159 Å². The van der Waals surface area contributed by atoms with E-state index in [0.29, 0.717) is 40.7 Å². The molecule has 1 amide bonds. The van der Waals surface area contributed by atoms with Crippen molar-refractivity contribution in [2.24, 2.45) is 11.8 Å². The topological polar surface area (TPSA) is 68.3 Å². The highest BCUT2D eigenvalue weighted by atomic mass is 35.5. The molecule has 1 aromatic heterocycles. The average molecular weight is 397 g/mol. The molecule has 3 rings (SSSR count). The third-order valence-electron chi connectivity index (χ3n) is 4.07. The molecule has 26 heavy (non-hydrogen) atoms. The molecule has 1 N–H and O–H groups in total. The molecule has 0 spiro atoms. The molecule has 1 heterocycles. The van der Waals surface area contributed by atoms with E-state index in [1.165, 1.54) is 23.5 Å². The third kappa shape index (κ3) is 4.40. The molecule has 1 saturated carbocycles. The number of nitrogens with zero attached hydrogens (tertiary/aromatic N) is 1. The van der Waals surface area contributed by atoms with E-state index in [-0.39, 0.29) is 23.7 Å². The van der Waals surface area contributed by atoms with Crippen molar-refractivity contribution in [2.45, 2.75) is 26.7 Å². The molecule has 138 valence electrons. The predicted octanol–water partition coefficient (Wildman–Crippen LogP) is 3.97. The summed E-state index contributed by atoms with van der Waals surface area (Å²) >= 11 is 7.21. The van der Waals surface area contributed by atoms with Crippen molar-refractivity contribution < 1.29 is 18.7 Å². The van der Waals surface area contributed by atoms with Gasteiger partial charge in [-0.1, -0.05) is 11.6 Å². The van der Waals surface area contributed by atoms with Gasteiger partial charge in [-0.3, -0.25) is 9.59 Å². The van der Waals surface area contributed by atoms with Gasteiger partial charge in [-0.05, 0) is 44.0 Å². The summed E-state index contributed by atoms with van der Waals surface area (Å²) in [6.07, 6.45) is 0.935. The minimum atomic E-state index is -0.395. The molecular formula is C18H18ClFN2O3S. The van der Waals surface area contributed by atoms with Crippen molar-refractivity contribution in [2.75, 3.05) is 11.9 Å². The smallest absolute Gasteiger partial charge is 0.309 e. The maximum absolute atomic E-state index is 13.4. The SMILES string of the molecule is CCOC(=O)C1CC1C(=O)Nc1sc(Cc2cc(F)cc(Cl)c2)nc1C. The largest absolute Gasteiger partial charge is 0.466 e. The Hall–Kier alpha value is -1.99. The summed E-state index contributed by atoms with van der Waals surface area (Å²) in [5.41, 5.74) is 1.40. The Morgan fingerprint density at radius 2 is 2.15 bits per heavy atom. The first-order valence-corrected chi connectivity index (χ1v) is 9.45. The Balaban J connectivity index is 1.63. The van der Waals surface area contributed by atoms with Gasteiger partial charge in [0.2, 0.25) is 5.91 Å². The predicted molar refractivity (Wildman–Crippen MR) is 97.9 cm³/mol. The van der Waals surface area contributed by atoms with E-state index in [9.17, 15) is 14.0 Å². The third-order valence-corrected chi connectivity index (χ3v) is 5.36. The number of esters is 1. The lowest BCUT2D eigenvalue weighted by Gasteiger charge is -2.03. The summed E-state index contributed by atoms with van der Waals surface area (Å²) in [7, 11) is 0.